The van der Waals surface area contributed by atoms with Crippen LogP contribution in [-0.2, 0) is 21.3 Å². The number of aryl methyl sites for hydroxylation is 1. The van der Waals surface area contributed by atoms with Gasteiger partial charge < -0.3 is 13.7 Å². The number of thiophene rings is 1. The van der Waals surface area contributed by atoms with E-state index in [1.54, 1.807) is 29.6 Å². The molecule has 9 heteroatoms. The van der Waals surface area contributed by atoms with E-state index in [0.29, 0.717) is 43.3 Å². The van der Waals surface area contributed by atoms with Crippen LogP contribution in [0.4, 0.5) is 0 Å². The van der Waals surface area contributed by atoms with Crippen LogP contribution in [0.3, 0.4) is 0 Å². The Bertz CT molecular complexity index is 944. The summed E-state index contributed by atoms with van der Waals surface area (Å²) in [7, 11) is -3.67. The third-order valence-electron chi connectivity index (χ3n) is 3.89. The fraction of sp³-hybridized carbons (Fsp3) is 0.389. The molecular formula is C18H22N2O5S2. The Kier molecular flexibility index (Phi) is 6.48. The first-order valence-electron chi connectivity index (χ1n) is 8.63. The van der Waals surface area contributed by atoms with Crippen LogP contribution in [0, 0.1) is 6.92 Å². The summed E-state index contributed by atoms with van der Waals surface area (Å²) >= 11 is 1.17. The van der Waals surface area contributed by atoms with Crippen LogP contribution in [0.1, 0.15) is 24.8 Å². The summed E-state index contributed by atoms with van der Waals surface area (Å²) in [6.45, 7) is 5.37. The molecule has 3 aromatic rings. The maximum atomic E-state index is 13.2. The summed E-state index contributed by atoms with van der Waals surface area (Å²) in [6.07, 6.45) is 2.14. The first-order valence-corrected chi connectivity index (χ1v) is 10.9. The molecule has 3 aromatic heterocycles. The average molecular weight is 411 g/mol. The highest BCUT2D eigenvalue weighted by molar-refractivity contribution is 7.91. The normalized spacial score (nSPS) is 12.1. The lowest BCUT2D eigenvalue weighted by Gasteiger charge is -2.20. The van der Waals surface area contributed by atoms with Crippen LogP contribution in [0.25, 0.3) is 11.3 Å². The minimum atomic E-state index is -3.67. The van der Waals surface area contributed by atoms with Crippen molar-refractivity contribution >= 4 is 21.4 Å². The van der Waals surface area contributed by atoms with Gasteiger partial charge in [-0.1, -0.05) is 5.16 Å². The van der Waals surface area contributed by atoms with E-state index in [1.807, 2.05) is 13.8 Å². The van der Waals surface area contributed by atoms with Gasteiger partial charge in [0.05, 0.1) is 18.5 Å². The highest BCUT2D eigenvalue weighted by Gasteiger charge is 2.27. The molecule has 0 aliphatic heterocycles. The molecule has 3 heterocycles. The third kappa shape index (κ3) is 4.86. The second kappa shape index (κ2) is 8.83. The van der Waals surface area contributed by atoms with Gasteiger partial charge in [0.15, 0.2) is 5.76 Å². The van der Waals surface area contributed by atoms with Crippen molar-refractivity contribution in [2.24, 2.45) is 0 Å². The van der Waals surface area contributed by atoms with Crippen LogP contribution in [0.5, 0.6) is 0 Å². The molecule has 0 fully saturated rings. The van der Waals surface area contributed by atoms with E-state index in [1.165, 1.54) is 21.9 Å². The number of furan rings is 1. The standard InChI is InChI=1S/C18H22N2O5S2/c1-3-23-8-5-7-20(12-16-6-4-9-24-16)27(21,22)18-11-15(13-26-18)17-10-14(2)19-25-17/h4,6,9-11,13H,3,5,7-8,12H2,1-2H3. The number of ether oxygens (including phenoxy) is 1. The number of hydrogen-bond acceptors (Lipinski definition) is 7. The molecule has 0 aromatic carbocycles. The zero-order valence-corrected chi connectivity index (χ0v) is 16.9. The molecule has 0 N–H and O–H groups in total. The van der Waals surface area contributed by atoms with Crippen molar-refractivity contribution < 1.29 is 22.1 Å². The Labute approximate surface area is 162 Å². The maximum Gasteiger partial charge on any atom is 0.252 e. The first kappa shape index (κ1) is 19.8. The van der Waals surface area contributed by atoms with Crippen LogP contribution in [0.2, 0.25) is 0 Å². The second-order valence-electron chi connectivity index (χ2n) is 5.96. The molecule has 3 rings (SSSR count). The quantitative estimate of drug-likeness (QED) is 0.471. The smallest absolute Gasteiger partial charge is 0.252 e. The molecule has 0 amide bonds. The number of hydrogen-bond donors (Lipinski definition) is 0. The topological polar surface area (TPSA) is 85.8 Å². The van der Waals surface area contributed by atoms with Crippen LogP contribution in [-0.4, -0.2) is 37.6 Å². The van der Waals surface area contributed by atoms with E-state index in [4.69, 9.17) is 13.7 Å². The van der Waals surface area contributed by atoms with Gasteiger partial charge in [0.1, 0.15) is 9.97 Å². The lowest BCUT2D eigenvalue weighted by atomic mass is 10.2. The maximum absolute atomic E-state index is 13.2. The molecule has 0 spiro atoms. The summed E-state index contributed by atoms with van der Waals surface area (Å²) in [5, 5.41) is 5.61. The summed E-state index contributed by atoms with van der Waals surface area (Å²) in [5.74, 6) is 1.15. The van der Waals surface area contributed by atoms with Gasteiger partial charge in [0, 0.05) is 36.8 Å². The van der Waals surface area contributed by atoms with E-state index in [9.17, 15) is 8.42 Å². The Balaban J connectivity index is 1.81. The zero-order valence-electron chi connectivity index (χ0n) is 15.3. The highest BCUT2D eigenvalue weighted by atomic mass is 32.2. The average Bonchev–Trinajstić information content (AvgIpc) is 3.38. The first-order chi connectivity index (χ1) is 13.0. The molecule has 0 radical (unpaired) electrons. The Hall–Kier alpha value is -1.94. The van der Waals surface area contributed by atoms with Gasteiger partial charge in [-0.25, -0.2) is 8.42 Å². The van der Waals surface area contributed by atoms with Crippen molar-refractivity contribution in [3.8, 4) is 11.3 Å². The van der Waals surface area contributed by atoms with Crippen molar-refractivity contribution in [3.05, 3.63) is 47.4 Å². The van der Waals surface area contributed by atoms with Gasteiger partial charge in [0.25, 0.3) is 10.0 Å². The van der Waals surface area contributed by atoms with E-state index in [2.05, 4.69) is 5.16 Å². The Morgan fingerprint density at radius 2 is 2.19 bits per heavy atom. The molecular weight excluding hydrogens is 388 g/mol. The Morgan fingerprint density at radius 3 is 2.85 bits per heavy atom. The fourth-order valence-corrected chi connectivity index (χ4v) is 5.32. The number of nitrogens with zero attached hydrogens (tertiary/aromatic N) is 2. The van der Waals surface area contributed by atoms with E-state index < -0.39 is 10.0 Å². The number of rotatable bonds is 10. The highest BCUT2D eigenvalue weighted by Crippen LogP contribution is 2.31. The monoisotopic (exact) mass is 410 g/mol. The lowest BCUT2D eigenvalue weighted by molar-refractivity contribution is 0.139. The van der Waals surface area contributed by atoms with Crippen molar-refractivity contribution in [3.63, 3.8) is 0 Å². The van der Waals surface area contributed by atoms with Gasteiger partial charge in [0.2, 0.25) is 0 Å². The van der Waals surface area contributed by atoms with Crippen LogP contribution < -0.4 is 0 Å². The summed E-state index contributed by atoms with van der Waals surface area (Å²) in [4.78, 5) is 0. The van der Waals surface area contributed by atoms with E-state index >= 15 is 0 Å². The van der Waals surface area contributed by atoms with Crippen molar-refractivity contribution in [1.82, 2.24) is 9.46 Å². The van der Waals surface area contributed by atoms with Gasteiger partial charge >= 0.3 is 0 Å². The second-order valence-corrected chi connectivity index (χ2v) is 9.03. The van der Waals surface area contributed by atoms with Gasteiger partial charge in [-0.05, 0) is 38.5 Å². The zero-order chi connectivity index (χ0) is 19.3. The lowest BCUT2D eigenvalue weighted by Crippen LogP contribution is -2.31. The van der Waals surface area contributed by atoms with Gasteiger partial charge in [-0.15, -0.1) is 11.3 Å². The molecule has 0 saturated carbocycles. The molecule has 146 valence electrons. The predicted octanol–water partition coefficient (Wildman–Crippen LogP) is 3.92. The largest absolute Gasteiger partial charge is 0.468 e. The number of sulfonamides is 1. The molecule has 7 nitrogen and oxygen atoms in total. The van der Waals surface area contributed by atoms with Crippen molar-refractivity contribution in [2.45, 2.75) is 31.0 Å². The van der Waals surface area contributed by atoms with E-state index in [0.717, 1.165) is 5.69 Å². The molecule has 0 atom stereocenters. The summed E-state index contributed by atoms with van der Waals surface area (Å²) < 4.78 is 44.0. The molecule has 27 heavy (non-hydrogen) atoms. The van der Waals surface area contributed by atoms with Crippen LogP contribution in [0.15, 0.2) is 49.1 Å². The van der Waals surface area contributed by atoms with E-state index in [-0.39, 0.29) is 10.8 Å². The third-order valence-corrected chi connectivity index (χ3v) is 7.15. The summed E-state index contributed by atoms with van der Waals surface area (Å²) in [5.41, 5.74) is 1.45. The molecule has 0 saturated heterocycles. The van der Waals surface area contributed by atoms with Crippen molar-refractivity contribution in [2.75, 3.05) is 19.8 Å². The molecule has 0 aliphatic rings. The van der Waals surface area contributed by atoms with Crippen LogP contribution >= 0.6 is 11.3 Å². The minimum Gasteiger partial charge on any atom is -0.468 e. The molecule has 0 aliphatic carbocycles. The molecule has 0 bridgehead atoms. The predicted molar refractivity (Wildman–Crippen MR) is 102 cm³/mol. The van der Waals surface area contributed by atoms with Gasteiger partial charge in [-0.2, -0.15) is 4.31 Å². The van der Waals surface area contributed by atoms with Crippen molar-refractivity contribution in [1.29, 1.82) is 0 Å². The van der Waals surface area contributed by atoms with Gasteiger partial charge in [-0.3, -0.25) is 0 Å². The minimum absolute atomic E-state index is 0.177. The fourth-order valence-electron chi connectivity index (χ4n) is 2.56. The Morgan fingerprint density at radius 1 is 1.33 bits per heavy atom. The molecule has 0 unspecified atom stereocenters. The SMILES string of the molecule is CCOCCCN(Cc1ccco1)S(=O)(=O)c1cc(-c2cc(C)no2)cs1. The summed E-state index contributed by atoms with van der Waals surface area (Å²) in [6, 6.07) is 6.91. The number of aromatic nitrogens is 1.